The molecule has 0 saturated heterocycles. The van der Waals surface area contributed by atoms with Crippen LogP contribution < -0.4 is 0 Å². The summed E-state index contributed by atoms with van der Waals surface area (Å²) in [4.78, 5) is 11.4. The van der Waals surface area contributed by atoms with Gasteiger partial charge in [-0.3, -0.25) is 0 Å². The molecule has 0 amide bonds. The molecule has 5 aliphatic rings. The molecule has 6 rings (SSSR count). The molecule has 0 aromatic heterocycles. The maximum Gasteiger partial charge on any atom is 0.335 e. The summed E-state index contributed by atoms with van der Waals surface area (Å²) < 4.78 is 0. The predicted molar refractivity (Wildman–Crippen MR) is 207 cm³/mol. The minimum absolute atomic E-state index is 0.104. The molecule has 47 heavy (non-hydrogen) atoms. The van der Waals surface area contributed by atoms with Gasteiger partial charge in [-0.05, 0) is 132 Å². The van der Waals surface area contributed by atoms with Crippen molar-refractivity contribution in [1.82, 2.24) is 0 Å². The van der Waals surface area contributed by atoms with E-state index in [9.17, 15) is 9.90 Å². The summed E-state index contributed by atoms with van der Waals surface area (Å²) in [6.45, 7) is 25.0. The Balaban J connectivity index is 0.00000159. The predicted octanol–water partition coefficient (Wildman–Crippen LogP) is 12.7. The van der Waals surface area contributed by atoms with Crippen LogP contribution in [-0.2, 0) is 0 Å². The molecular formula is C45H70O2. The van der Waals surface area contributed by atoms with Crippen LogP contribution in [0.3, 0.4) is 0 Å². The Kier molecular flexibility index (Phi) is 18.0. The van der Waals surface area contributed by atoms with E-state index in [1.54, 1.807) is 12.1 Å². The molecule has 1 N–H and O–H groups in total. The van der Waals surface area contributed by atoms with Crippen molar-refractivity contribution in [3.63, 3.8) is 0 Å². The molecule has 5 aliphatic carbocycles. The van der Waals surface area contributed by atoms with Gasteiger partial charge in [0.05, 0.1) is 5.56 Å². The van der Waals surface area contributed by atoms with Crippen LogP contribution in [0.4, 0.5) is 0 Å². The van der Waals surface area contributed by atoms with Crippen LogP contribution in [0.1, 0.15) is 156 Å². The fourth-order valence-corrected chi connectivity index (χ4v) is 11.4. The van der Waals surface area contributed by atoms with Gasteiger partial charge in [0, 0.05) is 0 Å². The largest absolute Gasteiger partial charge is 0.478 e. The van der Waals surface area contributed by atoms with Crippen molar-refractivity contribution < 1.29 is 9.90 Å². The molecule has 4 fully saturated rings. The molecule has 2 nitrogen and oxygen atoms in total. The lowest BCUT2D eigenvalue weighted by molar-refractivity contribution is -0.176. The third kappa shape index (κ3) is 8.05. The Labute approximate surface area is 292 Å². The van der Waals surface area contributed by atoms with Crippen molar-refractivity contribution in [2.45, 2.75) is 140 Å². The van der Waals surface area contributed by atoms with Crippen molar-refractivity contribution in [3.8, 4) is 38.5 Å². The standard InChI is InChI=1S/C33H46O2.3C2H6.3C2H2/c1-30(2)24(21-8-10-22(11-9-21)29(34)35)15-19-33(5)27(30)16-20-32(4)26-14-18-31(3)17-6-7-25(31)23(26)12-13-28(32)33;6*1-2/h8-11,15,23,25-28H,6-7,12-14,16-20H2,1-5H3,(H,34,35);3*1-2H3;3*1-2H/t23-,25?,26?,27?,28?,31-,32+,33+;;;;;;/m1....../s1. The monoisotopic (exact) mass is 643 g/mol. The molecule has 0 aliphatic heterocycles. The zero-order valence-corrected chi connectivity index (χ0v) is 32.2. The number of allylic oxidation sites excluding steroid dienone is 2. The molecule has 0 heterocycles. The number of terminal acetylenes is 3. The molecule has 8 atom stereocenters. The van der Waals surface area contributed by atoms with Gasteiger partial charge in [0.25, 0.3) is 0 Å². The van der Waals surface area contributed by atoms with Crippen LogP contribution in [0.5, 0.6) is 0 Å². The molecule has 2 heteroatoms. The van der Waals surface area contributed by atoms with E-state index in [0.717, 1.165) is 23.7 Å². The number of carbonyl (C=O) groups is 1. The van der Waals surface area contributed by atoms with E-state index in [0.29, 0.717) is 27.7 Å². The quantitative estimate of drug-likeness (QED) is 0.326. The van der Waals surface area contributed by atoms with Gasteiger partial charge in [-0.15, -0.1) is 38.5 Å². The van der Waals surface area contributed by atoms with Gasteiger partial charge in [0.2, 0.25) is 0 Å². The molecule has 0 spiro atoms. The van der Waals surface area contributed by atoms with E-state index >= 15 is 0 Å². The first-order valence-corrected chi connectivity index (χ1v) is 18.6. The molecule has 4 saturated carbocycles. The Morgan fingerprint density at radius 1 is 0.660 bits per heavy atom. The number of aromatic carboxylic acids is 1. The topological polar surface area (TPSA) is 37.3 Å². The average Bonchev–Trinajstić information content (AvgIpc) is 3.52. The number of carboxylic acids is 1. The third-order valence-electron chi connectivity index (χ3n) is 13.0. The molecule has 262 valence electrons. The molecule has 4 unspecified atom stereocenters. The van der Waals surface area contributed by atoms with Crippen LogP contribution in [0.15, 0.2) is 30.3 Å². The Morgan fingerprint density at radius 3 is 1.74 bits per heavy atom. The fraction of sp³-hybridized carbons (Fsp3) is 0.667. The second-order valence-electron chi connectivity index (χ2n) is 14.6. The zero-order chi connectivity index (χ0) is 36.8. The highest BCUT2D eigenvalue weighted by molar-refractivity contribution is 5.88. The number of rotatable bonds is 2. The molecule has 0 bridgehead atoms. The molecular weight excluding hydrogens is 572 g/mol. The van der Waals surface area contributed by atoms with E-state index < -0.39 is 5.97 Å². The Bertz CT molecular complexity index is 1160. The van der Waals surface area contributed by atoms with Gasteiger partial charge in [0.15, 0.2) is 0 Å². The van der Waals surface area contributed by atoms with Crippen LogP contribution in [0, 0.1) is 89.8 Å². The lowest BCUT2D eigenvalue weighted by Crippen LogP contribution is -2.60. The number of hydrogen-bond acceptors (Lipinski definition) is 1. The highest BCUT2D eigenvalue weighted by Crippen LogP contribution is 2.73. The minimum Gasteiger partial charge on any atom is -0.478 e. The zero-order valence-electron chi connectivity index (χ0n) is 32.2. The lowest BCUT2D eigenvalue weighted by atomic mass is 9.36. The maximum absolute atomic E-state index is 11.4. The van der Waals surface area contributed by atoms with Gasteiger partial charge in [0.1, 0.15) is 0 Å². The first-order chi connectivity index (χ1) is 22.5. The summed E-state index contributed by atoms with van der Waals surface area (Å²) in [5.74, 6) is 3.58. The first kappa shape index (κ1) is 44.1. The van der Waals surface area contributed by atoms with Crippen LogP contribution >= 0.6 is 0 Å². The Hall–Kier alpha value is -2.89. The van der Waals surface area contributed by atoms with Crippen molar-refractivity contribution >= 4 is 11.5 Å². The summed E-state index contributed by atoms with van der Waals surface area (Å²) in [6.07, 6.45) is 40.8. The Morgan fingerprint density at radius 2 is 1.21 bits per heavy atom. The van der Waals surface area contributed by atoms with Gasteiger partial charge in [-0.25, -0.2) is 4.79 Å². The highest BCUT2D eigenvalue weighted by Gasteiger charge is 2.64. The third-order valence-corrected chi connectivity index (χ3v) is 13.0. The molecule has 0 radical (unpaired) electrons. The smallest absolute Gasteiger partial charge is 0.335 e. The van der Waals surface area contributed by atoms with Gasteiger partial charge in [-0.1, -0.05) is 101 Å². The summed E-state index contributed by atoms with van der Waals surface area (Å²) in [5, 5.41) is 9.34. The number of carboxylic acid groups (broad SMARTS) is 1. The van der Waals surface area contributed by atoms with E-state index in [2.05, 4.69) is 79.2 Å². The number of fused-ring (bicyclic) bond motifs is 7. The van der Waals surface area contributed by atoms with Gasteiger partial charge < -0.3 is 5.11 Å². The maximum atomic E-state index is 11.4. The van der Waals surface area contributed by atoms with Crippen molar-refractivity contribution in [3.05, 3.63) is 41.5 Å². The average molecular weight is 643 g/mol. The van der Waals surface area contributed by atoms with Crippen molar-refractivity contribution in [1.29, 1.82) is 0 Å². The summed E-state index contributed by atoms with van der Waals surface area (Å²) in [5.41, 5.74) is 4.65. The summed E-state index contributed by atoms with van der Waals surface area (Å²) in [7, 11) is 0. The van der Waals surface area contributed by atoms with Crippen LogP contribution in [0.2, 0.25) is 0 Å². The second kappa shape index (κ2) is 19.2. The summed E-state index contributed by atoms with van der Waals surface area (Å²) in [6, 6.07) is 7.64. The van der Waals surface area contributed by atoms with Crippen molar-refractivity contribution in [2.24, 2.45) is 51.2 Å². The van der Waals surface area contributed by atoms with Crippen molar-refractivity contribution in [2.75, 3.05) is 0 Å². The SMILES string of the molecule is C#C.C#C.C#C.CC.CC.CC.CC1(C)C(c2ccc(C(=O)O)cc2)=CC[C@@]2(C)C1CC[C@@]1(C)C3CC[C@@]4(C)CCCC4[C@H]3CCC12. The lowest BCUT2D eigenvalue weighted by Gasteiger charge is -2.68. The van der Waals surface area contributed by atoms with E-state index in [-0.39, 0.29) is 5.41 Å². The first-order valence-electron chi connectivity index (χ1n) is 18.6. The van der Waals surface area contributed by atoms with Crippen LogP contribution in [0.25, 0.3) is 5.57 Å². The van der Waals surface area contributed by atoms with Crippen LogP contribution in [-0.4, -0.2) is 11.1 Å². The van der Waals surface area contributed by atoms with Gasteiger partial charge >= 0.3 is 5.97 Å². The van der Waals surface area contributed by atoms with E-state index in [1.165, 1.54) is 75.3 Å². The summed E-state index contributed by atoms with van der Waals surface area (Å²) >= 11 is 0. The highest BCUT2D eigenvalue weighted by atomic mass is 16.4. The second-order valence-corrected chi connectivity index (χ2v) is 14.6. The van der Waals surface area contributed by atoms with E-state index in [4.69, 9.17) is 0 Å². The molecule has 1 aromatic carbocycles. The van der Waals surface area contributed by atoms with Gasteiger partial charge in [-0.2, -0.15) is 0 Å². The fourth-order valence-electron chi connectivity index (χ4n) is 11.4. The molecule has 1 aromatic rings. The number of hydrogen-bond donors (Lipinski definition) is 1. The number of benzene rings is 1. The normalized spacial score (nSPS) is 34.7. The van der Waals surface area contributed by atoms with E-state index in [1.807, 2.05) is 53.7 Å². The minimum atomic E-state index is -0.844.